The van der Waals surface area contributed by atoms with Gasteiger partial charge in [0.2, 0.25) is 0 Å². The van der Waals surface area contributed by atoms with E-state index in [1.807, 2.05) is 41.5 Å². The number of hydrogen-bond acceptors (Lipinski definition) is 11. The molecule has 11 nitrogen and oxygen atoms in total. The zero-order valence-corrected chi connectivity index (χ0v) is 25.3. The molecule has 1 aliphatic rings. The van der Waals surface area contributed by atoms with E-state index in [1.165, 1.54) is 10.8 Å². The molecule has 38 heavy (non-hydrogen) atoms. The SMILES string of the molecule is Cc1cn([C@H]2C=C[C@@H](COP(=O)(OCCSC(=O)C(C)(C)C)OCCSC(=O)C(C)(C)C)O2)c(=O)[nH]c1=O. The average molecular weight is 593 g/mol. The van der Waals surface area contributed by atoms with Crippen LogP contribution < -0.4 is 11.2 Å². The molecule has 2 rings (SSSR count). The Morgan fingerprint density at radius 1 is 0.974 bits per heavy atom. The zero-order chi connectivity index (χ0) is 28.7. The Bertz CT molecular complexity index is 1140. The smallest absolute Gasteiger partial charge is 0.344 e. The summed E-state index contributed by atoms with van der Waals surface area (Å²) in [6.07, 6.45) is 3.19. The average Bonchev–Trinajstić information content (AvgIpc) is 3.28. The Hall–Kier alpha value is -1.47. The number of thioether (sulfide) groups is 2. The van der Waals surface area contributed by atoms with Crippen molar-refractivity contribution in [1.82, 2.24) is 9.55 Å². The minimum atomic E-state index is -4.07. The highest BCUT2D eigenvalue weighted by atomic mass is 32.2. The van der Waals surface area contributed by atoms with E-state index < -0.39 is 42.2 Å². The maximum absolute atomic E-state index is 13.3. The lowest BCUT2D eigenvalue weighted by molar-refractivity contribution is -0.118. The van der Waals surface area contributed by atoms with E-state index in [0.717, 1.165) is 23.5 Å². The molecule has 1 aromatic heterocycles. The van der Waals surface area contributed by atoms with Crippen molar-refractivity contribution < 1.29 is 32.5 Å². The Balaban J connectivity index is 1.96. The van der Waals surface area contributed by atoms with Crippen LogP contribution in [-0.4, -0.2) is 57.2 Å². The first kappa shape index (κ1) is 32.7. The molecule has 0 aromatic carbocycles. The monoisotopic (exact) mass is 592 g/mol. The summed E-state index contributed by atoms with van der Waals surface area (Å²) in [6.45, 7) is 12.1. The molecule has 0 spiro atoms. The van der Waals surface area contributed by atoms with Crippen molar-refractivity contribution in [3.8, 4) is 0 Å². The molecule has 1 aromatic rings. The van der Waals surface area contributed by atoms with Gasteiger partial charge in [-0.25, -0.2) is 9.36 Å². The molecule has 1 N–H and O–H groups in total. The third-order valence-electron chi connectivity index (χ3n) is 4.98. The van der Waals surface area contributed by atoms with E-state index in [0.29, 0.717) is 5.56 Å². The molecule has 0 bridgehead atoms. The molecule has 214 valence electrons. The standard InChI is InChI=1S/C24H37N2O9PS2/c1-16-14-26(22(30)25-19(16)27)18-9-8-17(35-18)15-34-36(31,32-10-12-37-20(28)23(2,3)4)33-11-13-38-21(29)24(5,6)7/h8-9,14,17-18H,10-13,15H2,1-7H3,(H,25,27,30)/t17-,18+/m0/s1. The normalized spacial score (nSPS) is 18.2. The van der Waals surface area contributed by atoms with Crippen LogP contribution in [0.2, 0.25) is 0 Å². The summed E-state index contributed by atoms with van der Waals surface area (Å²) in [6, 6.07) is 0. The topological polar surface area (TPSA) is 143 Å². The van der Waals surface area contributed by atoms with Crippen LogP contribution in [0.25, 0.3) is 0 Å². The van der Waals surface area contributed by atoms with Gasteiger partial charge in [0.15, 0.2) is 16.5 Å². The van der Waals surface area contributed by atoms with Gasteiger partial charge in [-0.2, -0.15) is 0 Å². The highest BCUT2D eigenvalue weighted by Crippen LogP contribution is 2.50. The summed E-state index contributed by atoms with van der Waals surface area (Å²) < 4.78 is 36.8. The Morgan fingerprint density at radius 3 is 2.00 bits per heavy atom. The fourth-order valence-corrected chi connectivity index (χ4v) is 5.79. The third kappa shape index (κ3) is 10.3. The van der Waals surface area contributed by atoms with Crippen molar-refractivity contribution in [3.05, 3.63) is 44.8 Å². The first-order valence-electron chi connectivity index (χ1n) is 12.1. The lowest BCUT2D eigenvalue weighted by Gasteiger charge is -2.21. The number of nitrogens with one attached hydrogen (secondary N) is 1. The number of nitrogens with zero attached hydrogens (tertiary/aromatic N) is 1. The van der Waals surface area contributed by atoms with E-state index in [1.54, 1.807) is 19.1 Å². The first-order valence-corrected chi connectivity index (χ1v) is 15.5. The van der Waals surface area contributed by atoms with Crippen LogP contribution in [0.3, 0.4) is 0 Å². The number of phosphoric ester groups is 1. The predicted octanol–water partition coefficient (Wildman–Crippen LogP) is 4.07. The van der Waals surface area contributed by atoms with E-state index in [4.69, 9.17) is 18.3 Å². The van der Waals surface area contributed by atoms with Gasteiger partial charge in [0.1, 0.15) is 6.10 Å². The van der Waals surface area contributed by atoms with Crippen molar-refractivity contribution >= 4 is 41.6 Å². The third-order valence-corrected chi connectivity index (χ3v) is 8.93. The minimum Gasteiger partial charge on any atom is -0.344 e. The fourth-order valence-electron chi connectivity index (χ4n) is 2.79. The van der Waals surface area contributed by atoms with E-state index >= 15 is 0 Å². The number of carbonyl (C=O) groups is 2. The summed E-state index contributed by atoms with van der Waals surface area (Å²) in [5.41, 5.74) is -1.80. The van der Waals surface area contributed by atoms with Crippen molar-refractivity contribution in [1.29, 1.82) is 0 Å². The van der Waals surface area contributed by atoms with Gasteiger partial charge in [0, 0.05) is 34.1 Å². The molecule has 0 aliphatic carbocycles. The molecule has 0 amide bonds. The number of H-pyrrole nitrogens is 1. The number of ether oxygens (including phenoxy) is 1. The first-order chi connectivity index (χ1) is 17.5. The summed E-state index contributed by atoms with van der Waals surface area (Å²) in [5.74, 6) is 0.501. The zero-order valence-electron chi connectivity index (χ0n) is 22.8. The quantitative estimate of drug-likeness (QED) is 0.213. The van der Waals surface area contributed by atoms with Crippen molar-refractivity contribution in [2.24, 2.45) is 10.8 Å². The number of aromatic amines is 1. The Morgan fingerprint density at radius 2 is 1.50 bits per heavy atom. The highest BCUT2D eigenvalue weighted by Gasteiger charge is 2.31. The second-order valence-corrected chi connectivity index (χ2v) is 14.4. The Labute approximate surface area is 231 Å². The lowest BCUT2D eigenvalue weighted by Crippen LogP contribution is -2.33. The molecule has 14 heteroatoms. The molecule has 0 saturated heterocycles. The molecule has 2 heterocycles. The number of phosphoric acid groups is 1. The Kier molecular flexibility index (Phi) is 11.8. The molecule has 1 aliphatic heterocycles. The van der Waals surface area contributed by atoms with Gasteiger partial charge in [-0.3, -0.25) is 37.5 Å². The van der Waals surface area contributed by atoms with Crippen molar-refractivity contribution in [2.45, 2.75) is 60.8 Å². The molecular formula is C24H37N2O9PS2. The number of aromatic nitrogens is 2. The number of rotatable bonds is 12. The van der Waals surface area contributed by atoms with Gasteiger partial charge in [-0.05, 0) is 13.0 Å². The van der Waals surface area contributed by atoms with Crippen LogP contribution in [0, 0.1) is 17.8 Å². The molecule has 0 unspecified atom stereocenters. The maximum Gasteiger partial charge on any atom is 0.474 e. The number of carbonyl (C=O) groups excluding carboxylic acids is 2. The summed E-state index contributed by atoms with van der Waals surface area (Å²) in [7, 11) is -4.07. The second-order valence-electron chi connectivity index (χ2n) is 10.6. The van der Waals surface area contributed by atoms with Crippen molar-refractivity contribution in [3.63, 3.8) is 0 Å². The van der Waals surface area contributed by atoms with Crippen LogP contribution in [0.15, 0.2) is 27.9 Å². The fraction of sp³-hybridized carbons (Fsp3) is 0.667. The second kappa shape index (κ2) is 13.7. The van der Waals surface area contributed by atoms with Gasteiger partial charge >= 0.3 is 13.5 Å². The molecule has 0 radical (unpaired) electrons. The molecule has 0 saturated carbocycles. The van der Waals surface area contributed by atoms with E-state index in [2.05, 4.69) is 4.98 Å². The highest BCUT2D eigenvalue weighted by molar-refractivity contribution is 8.14. The largest absolute Gasteiger partial charge is 0.474 e. The lowest BCUT2D eigenvalue weighted by atomic mass is 9.99. The van der Waals surface area contributed by atoms with E-state index in [-0.39, 0.29) is 41.6 Å². The van der Waals surface area contributed by atoms with Crippen LogP contribution in [-0.2, 0) is 32.5 Å². The van der Waals surface area contributed by atoms with Gasteiger partial charge in [-0.1, -0.05) is 71.1 Å². The molecular weight excluding hydrogens is 555 g/mol. The van der Waals surface area contributed by atoms with Crippen LogP contribution in [0.1, 0.15) is 53.3 Å². The van der Waals surface area contributed by atoms with Crippen LogP contribution in [0.5, 0.6) is 0 Å². The molecule has 0 fully saturated rings. The van der Waals surface area contributed by atoms with Gasteiger partial charge < -0.3 is 4.74 Å². The summed E-state index contributed by atoms with van der Waals surface area (Å²) >= 11 is 2.13. The number of aryl methyl sites for hydroxylation is 1. The van der Waals surface area contributed by atoms with Crippen LogP contribution in [0.4, 0.5) is 0 Å². The minimum absolute atomic E-state index is 0.0295. The summed E-state index contributed by atoms with van der Waals surface area (Å²) in [5, 5.41) is -0.0590. The van der Waals surface area contributed by atoms with Crippen molar-refractivity contribution in [2.75, 3.05) is 31.3 Å². The molecule has 2 atom stereocenters. The number of hydrogen-bond donors (Lipinski definition) is 1. The van der Waals surface area contributed by atoms with Gasteiger partial charge in [0.05, 0.1) is 19.8 Å². The van der Waals surface area contributed by atoms with Crippen LogP contribution >= 0.6 is 31.3 Å². The predicted molar refractivity (Wildman–Crippen MR) is 148 cm³/mol. The summed E-state index contributed by atoms with van der Waals surface area (Å²) in [4.78, 5) is 50.2. The van der Waals surface area contributed by atoms with E-state index in [9.17, 15) is 23.7 Å². The van der Waals surface area contributed by atoms with Gasteiger partial charge in [0.25, 0.3) is 5.56 Å². The maximum atomic E-state index is 13.3. The van der Waals surface area contributed by atoms with Gasteiger partial charge in [-0.15, -0.1) is 0 Å².